The molecule has 4 N–H and O–H groups in total. The second-order valence-corrected chi connectivity index (χ2v) is 11.3. The number of hydrogen-bond acceptors (Lipinski definition) is 5. The van der Waals surface area contributed by atoms with Gasteiger partial charge >= 0.3 is 6.18 Å². The molecule has 7 nitrogen and oxygen atoms in total. The topological polar surface area (TPSA) is 99.7 Å². The fourth-order valence-corrected chi connectivity index (χ4v) is 6.34. The first-order chi connectivity index (χ1) is 16.4. The molecule has 5 rings (SSSR count). The number of aliphatic hydroxyl groups excluding tert-OH is 1. The highest BCUT2D eigenvalue weighted by Crippen LogP contribution is 2.52. The molecule has 0 spiro atoms. The SMILES string of the molecule is O=C(COC1CCC(Cl)C(F)C1)NC12CCC(C(=O)NC3CCC(C(F)(F)F)CN3)(CC1)C(O)C2. The molecule has 6 unspecified atom stereocenters. The number of fused-ring (bicyclic) bond motifs is 3. The highest BCUT2D eigenvalue weighted by atomic mass is 35.5. The Bertz CT molecular complexity index is 785. The van der Waals surface area contributed by atoms with Crippen LogP contribution in [0.5, 0.6) is 0 Å². The smallest absolute Gasteiger partial charge is 0.392 e. The lowest BCUT2D eigenvalue weighted by Gasteiger charge is -2.55. The molecule has 2 bridgehead atoms. The monoisotopic (exact) mass is 527 g/mol. The lowest BCUT2D eigenvalue weighted by molar-refractivity contribution is -0.180. The second-order valence-electron chi connectivity index (χ2n) is 10.7. The lowest BCUT2D eigenvalue weighted by Crippen LogP contribution is -2.67. The molecule has 4 saturated carbocycles. The van der Waals surface area contributed by atoms with Crippen LogP contribution in [-0.4, -0.2) is 71.7 Å². The minimum Gasteiger partial charge on any atom is -0.392 e. The second kappa shape index (κ2) is 10.3. The number of nitrogens with one attached hydrogen (secondary N) is 3. The number of amides is 2. The number of carbonyl (C=O) groups excluding carboxylic acids is 2. The highest BCUT2D eigenvalue weighted by Gasteiger charge is 2.58. The maximum atomic E-state index is 13.8. The average Bonchev–Trinajstić information content (AvgIpc) is 2.80. The van der Waals surface area contributed by atoms with Crippen LogP contribution in [0.1, 0.15) is 64.2 Å². The molecule has 0 radical (unpaired) electrons. The molecule has 35 heavy (non-hydrogen) atoms. The van der Waals surface area contributed by atoms with Crippen LogP contribution >= 0.6 is 11.6 Å². The summed E-state index contributed by atoms with van der Waals surface area (Å²) < 4.78 is 58.0. The predicted octanol–water partition coefficient (Wildman–Crippen LogP) is 2.69. The molecule has 5 fully saturated rings. The first-order valence-electron chi connectivity index (χ1n) is 12.4. The summed E-state index contributed by atoms with van der Waals surface area (Å²) in [6.07, 6.45) is -4.03. The molecule has 1 saturated heterocycles. The zero-order valence-corrected chi connectivity index (χ0v) is 20.3. The summed E-state index contributed by atoms with van der Waals surface area (Å²) in [7, 11) is 0. The third-order valence-corrected chi connectivity index (χ3v) is 8.95. The van der Waals surface area contributed by atoms with Gasteiger partial charge in [0.1, 0.15) is 12.8 Å². The fourth-order valence-electron chi connectivity index (χ4n) is 6.11. The van der Waals surface area contributed by atoms with E-state index in [0.717, 1.165) is 0 Å². The van der Waals surface area contributed by atoms with Gasteiger partial charge in [0.2, 0.25) is 11.8 Å². The van der Waals surface area contributed by atoms with Crippen LogP contribution in [0, 0.1) is 11.3 Å². The van der Waals surface area contributed by atoms with Crippen LogP contribution in [0.15, 0.2) is 0 Å². The maximum absolute atomic E-state index is 13.8. The summed E-state index contributed by atoms with van der Waals surface area (Å²) in [6.45, 7) is -0.458. The minimum absolute atomic E-state index is 0.0620. The van der Waals surface area contributed by atoms with E-state index >= 15 is 0 Å². The van der Waals surface area contributed by atoms with Crippen molar-refractivity contribution in [1.82, 2.24) is 16.0 Å². The zero-order valence-electron chi connectivity index (χ0n) is 19.5. The molecule has 6 atom stereocenters. The molecular weight excluding hydrogens is 494 g/mol. The summed E-state index contributed by atoms with van der Waals surface area (Å²) in [6, 6.07) is 0. The van der Waals surface area contributed by atoms with Crippen molar-refractivity contribution in [3.8, 4) is 0 Å². The summed E-state index contributed by atoms with van der Waals surface area (Å²) in [5, 5.41) is 18.9. The van der Waals surface area contributed by atoms with Crippen LogP contribution in [0.2, 0.25) is 0 Å². The number of alkyl halides is 5. The quantitative estimate of drug-likeness (QED) is 0.314. The van der Waals surface area contributed by atoms with E-state index in [1.807, 2.05) is 0 Å². The number of aliphatic hydroxyl groups is 1. The summed E-state index contributed by atoms with van der Waals surface area (Å²) in [5.41, 5.74) is -1.65. The van der Waals surface area contributed by atoms with Gasteiger partial charge in [0, 0.05) is 18.5 Å². The highest BCUT2D eigenvalue weighted by molar-refractivity contribution is 6.21. The van der Waals surface area contributed by atoms with Crippen molar-refractivity contribution in [3.63, 3.8) is 0 Å². The predicted molar refractivity (Wildman–Crippen MR) is 119 cm³/mol. The Balaban J connectivity index is 1.25. The molecule has 200 valence electrons. The van der Waals surface area contributed by atoms with E-state index in [1.165, 1.54) is 0 Å². The van der Waals surface area contributed by atoms with Gasteiger partial charge in [0.25, 0.3) is 0 Å². The molecule has 1 aliphatic heterocycles. The van der Waals surface area contributed by atoms with E-state index in [1.54, 1.807) is 0 Å². The summed E-state index contributed by atoms with van der Waals surface area (Å²) >= 11 is 5.88. The van der Waals surface area contributed by atoms with Crippen molar-refractivity contribution in [2.24, 2.45) is 11.3 Å². The number of ether oxygens (including phenoxy) is 1. The van der Waals surface area contributed by atoms with Crippen LogP contribution in [0.25, 0.3) is 0 Å². The largest absolute Gasteiger partial charge is 0.393 e. The van der Waals surface area contributed by atoms with Crippen molar-refractivity contribution in [3.05, 3.63) is 0 Å². The van der Waals surface area contributed by atoms with Gasteiger partial charge < -0.3 is 20.5 Å². The first-order valence-corrected chi connectivity index (χ1v) is 12.9. The number of halogens is 5. The van der Waals surface area contributed by atoms with E-state index < -0.39 is 46.9 Å². The summed E-state index contributed by atoms with van der Waals surface area (Å²) in [4.78, 5) is 25.7. The zero-order chi connectivity index (χ0) is 25.4. The Labute approximate surface area is 207 Å². The summed E-state index contributed by atoms with van der Waals surface area (Å²) in [5.74, 6) is -2.12. The van der Waals surface area contributed by atoms with Crippen molar-refractivity contribution < 1.29 is 37.0 Å². The van der Waals surface area contributed by atoms with Crippen LogP contribution in [0.4, 0.5) is 17.6 Å². The normalized spacial score (nSPS) is 41.9. The third-order valence-electron chi connectivity index (χ3n) is 8.46. The van der Waals surface area contributed by atoms with Crippen LogP contribution in [0.3, 0.4) is 0 Å². The number of hydrogen-bond donors (Lipinski definition) is 4. The van der Waals surface area contributed by atoms with Gasteiger partial charge in [0.05, 0.1) is 35.1 Å². The molecule has 2 amide bonds. The van der Waals surface area contributed by atoms with E-state index in [4.69, 9.17) is 16.3 Å². The standard InChI is InChI=1S/C23H34ClF4N3O4/c24-15-3-2-14(9-16(15)25)35-12-19(33)31-21-5-7-22(8-6-21,17(32)10-21)20(34)30-18-4-1-13(11-29-18)23(26,27)28/h13-18,29,32H,1-12H2,(H,30,34)(H,31,33). The Kier molecular flexibility index (Phi) is 7.91. The van der Waals surface area contributed by atoms with Gasteiger partial charge in [-0.1, -0.05) is 0 Å². The van der Waals surface area contributed by atoms with Gasteiger partial charge in [-0.15, -0.1) is 11.6 Å². The van der Waals surface area contributed by atoms with Gasteiger partial charge in [0.15, 0.2) is 0 Å². The van der Waals surface area contributed by atoms with E-state index in [9.17, 15) is 32.3 Å². The maximum Gasteiger partial charge on any atom is 0.393 e. The van der Waals surface area contributed by atoms with Gasteiger partial charge in [-0.25, -0.2) is 4.39 Å². The molecule has 1 heterocycles. The van der Waals surface area contributed by atoms with Crippen molar-refractivity contribution in [1.29, 1.82) is 0 Å². The van der Waals surface area contributed by atoms with Crippen molar-refractivity contribution >= 4 is 23.4 Å². The molecule has 12 heteroatoms. The molecule has 0 aromatic carbocycles. The molecule has 4 aliphatic carbocycles. The van der Waals surface area contributed by atoms with E-state index in [2.05, 4.69) is 16.0 Å². The van der Waals surface area contributed by atoms with Crippen molar-refractivity contribution in [2.45, 2.75) is 106 Å². The fraction of sp³-hybridized carbons (Fsp3) is 0.913. The number of carbonyl (C=O) groups is 2. The Morgan fingerprint density at radius 1 is 1.11 bits per heavy atom. The van der Waals surface area contributed by atoms with Crippen LogP contribution in [-0.2, 0) is 14.3 Å². The van der Waals surface area contributed by atoms with Gasteiger partial charge in [-0.05, 0) is 57.8 Å². The van der Waals surface area contributed by atoms with Gasteiger partial charge in [-0.2, -0.15) is 13.2 Å². The molecular formula is C23H34ClF4N3O4. The van der Waals surface area contributed by atoms with E-state index in [-0.39, 0.29) is 56.8 Å². The Morgan fingerprint density at radius 2 is 1.83 bits per heavy atom. The number of piperidine rings is 1. The molecule has 0 aromatic rings. The Hall–Kier alpha value is -1.17. The Morgan fingerprint density at radius 3 is 2.40 bits per heavy atom. The third kappa shape index (κ3) is 5.88. The molecule has 5 aliphatic rings. The van der Waals surface area contributed by atoms with Gasteiger partial charge in [-0.3, -0.25) is 14.9 Å². The lowest BCUT2D eigenvalue weighted by atomic mass is 9.55. The first kappa shape index (κ1) is 26.9. The van der Waals surface area contributed by atoms with Crippen molar-refractivity contribution in [2.75, 3.05) is 13.2 Å². The molecule has 0 aromatic heterocycles. The van der Waals surface area contributed by atoms with E-state index in [0.29, 0.717) is 38.5 Å². The average molecular weight is 528 g/mol. The van der Waals surface area contributed by atoms with Crippen LogP contribution < -0.4 is 16.0 Å². The number of rotatable bonds is 6. The minimum atomic E-state index is -4.26.